The summed E-state index contributed by atoms with van der Waals surface area (Å²) in [5, 5.41) is 22.1. The molecule has 0 bridgehead atoms. The third-order valence-corrected chi connectivity index (χ3v) is 5.61. The maximum atomic E-state index is 13.9. The van der Waals surface area contributed by atoms with Crippen LogP contribution < -0.4 is 0 Å². The van der Waals surface area contributed by atoms with Crippen molar-refractivity contribution in [1.82, 2.24) is 0 Å². The predicted octanol–water partition coefficient (Wildman–Crippen LogP) is 6.97. The van der Waals surface area contributed by atoms with Crippen LogP contribution >= 0.6 is 0 Å². The van der Waals surface area contributed by atoms with Gasteiger partial charge in [-0.2, -0.15) is 0 Å². The number of carbonyl (C=O) groups is 2. The molecule has 4 heteroatoms. The number of hydrogen-bond acceptors (Lipinski definition) is 4. The van der Waals surface area contributed by atoms with E-state index in [1.807, 2.05) is 59.8 Å². The van der Waals surface area contributed by atoms with Crippen LogP contribution in [0.4, 0.5) is 0 Å². The average Bonchev–Trinajstić information content (AvgIpc) is 2.73. The van der Waals surface area contributed by atoms with Gasteiger partial charge in [-0.1, -0.05) is 65.3 Å². The molecule has 2 rings (SSSR count). The molecule has 0 fully saturated rings. The highest BCUT2D eigenvalue weighted by Crippen LogP contribution is 2.45. The summed E-state index contributed by atoms with van der Waals surface area (Å²) in [5.41, 5.74) is 1.95. The molecule has 1 aromatic carbocycles. The van der Waals surface area contributed by atoms with E-state index < -0.39 is 17.0 Å². The van der Waals surface area contributed by atoms with Crippen molar-refractivity contribution >= 4 is 17.3 Å². The van der Waals surface area contributed by atoms with E-state index in [1.165, 1.54) is 0 Å². The summed E-state index contributed by atoms with van der Waals surface area (Å²) < 4.78 is 0. The molecular weight excluding hydrogens is 400 g/mol. The second-order valence-electron chi connectivity index (χ2n) is 9.11. The molecule has 0 saturated carbocycles. The molecular formula is C28H34O4. The van der Waals surface area contributed by atoms with Gasteiger partial charge in [-0.15, -0.1) is 0 Å². The molecule has 0 atom stereocenters. The van der Waals surface area contributed by atoms with E-state index in [-0.39, 0.29) is 42.0 Å². The van der Waals surface area contributed by atoms with Gasteiger partial charge >= 0.3 is 0 Å². The van der Waals surface area contributed by atoms with Crippen LogP contribution in [0.2, 0.25) is 0 Å². The van der Waals surface area contributed by atoms with Crippen molar-refractivity contribution < 1.29 is 19.8 Å². The molecule has 0 aliphatic heterocycles. The maximum Gasteiger partial charge on any atom is 0.184 e. The fraction of sp³-hybridized carbons (Fsp3) is 0.357. The third kappa shape index (κ3) is 5.37. The van der Waals surface area contributed by atoms with E-state index in [4.69, 9.17) is 0 Å². The average molecular weight is 435 g/mol. The quantitative estimate of drug-likeness (QED) is 0.210. The summed E-state index contributed by atoms with van der Waals surface area (Å²) in [6.07, 6.45) is 6.21. The van der Waals surface area contributed by atoms with Crippen LogP contribution in [0.5, 0.6) is 0 Å². The van der Waals surface area contributed by atoms with Crippen molar-refractivity contribution in [2.75, 3.05) is 0 Å². The lowest BCUT2D eigenvalue weighted by atomic mass is 9.64. The molecule has 0 radical (unpaired) electrons. The van der Waals surface area contributed by atoms with Gasteiger partial charge in [0.25, 0.3) is 0 Å². The minimum Gasteiger partial charge on any atom is -0.507 e. The van der Waals surface area contributed by atoms with Crippen LogP contribution in [0.25, 0.3) is 5.76 Å². The molecule has 0 unspecified atom stereocenters. The second-order valence-corrected chi connectivity index (χ2v) is 9.11. The van der Waals surface area contributed by atoms with E-state index in [9.17, 15) is 19.8 Å². The molecule has 170 valence electrons. The lowest BCUT2D eigenvalue weighted by Crippen LogP contribution is -2.45. The smallest absolute Gasteiger partial charge is 0.184 e. The Morgan fingerprint density at radius 2 is 1.31 bits per heavy atom. The van der Waals surface area contributed by atoms with Crippen molar-refractivity contribution in [3.63, 3.8) is 0 Å². The minimum atomic E-state index is -1.41. The van der Waals surface area contributed by atoms with Gasteiger partial charge < -0.3 is 10.2 Å². The Morgan fingerprint density at radius 1 is 0.812 bits per heavy atom. The first kappa shape index (κ1) is 25.1. The van der Waals surface area contributed by atoms with E-state index in [1.54, 1.807) is 30.3 Å². The highest BCUT2D eigenvalue weighted by molar-refractivity contribution is 6.26. The number of ketones is 2. The number of carbonyl (C=O) groups excluding carboxylic acids is 2. The van der Waals surface area contributed by atoms with Gasteiger partial charge in [-0.3, -0.25) is 9.59 Å². The lowest BCUT2D eigenvalue weighted by Gasteiger charge is -2.35. The molecule has 0 saturated heterocycles. The van der Waals surface area contributed by atoms with Crippen molar-refractivity contribution in [2.45, 2.75) is 60.8 Å². The number of rotatable bonds is 7. The van der Waals surface area contributed by atoms with Gasteiger partial charge in [0, 0.05) is 11.1 Å². The van der Waals surface area contributed by atoms with Gasteiger partial charge in [0.2, 0.25) is 0 Å². The maximum absolute atomic E-state index is 13.9. The molecule has 1 aliphatic rings. The molecule has 1 aliphatic carbocycles. The van der Waals surface area contributed by atoms with E-state index in [0.29, 0.717) is 5.56 Å². The first-order valence-electron chi connectivity index (χ1n) is 10.9. The Bertz CT molecular complexity index is 1010. The number of Topliss-reactive ketones (excluding diaryl/α,β-unsaturated/α-hetero) is 2. The zero-order chi connectivity index (χ0) is 24.1. The zero-order valence-electron chi connectivity index (χ0n) is 20.0. The molecule has 0 spiro atoms. The molecule has 32 heavy (non-hydrogen) atoms. The first-order chi connectivity index (χ1) is 15.0. The van der Waals surface area contributed by atoms with Gasteiger partial charge in [0.05, 0.1) is 0 Å². The highest BCUT2D eigenvalue weighted by atomic mass is 16.3. The Hall–Kier alpha value is -3.14. The first-order valence-corrected chi connectivity index (χ1v) is 10.9. The van der Waals surface area contributed by atoms with Crippen LogP contribution in [-0.2, 0) is 9.59 Å². The fourth-order valence-corrected chi connectivity index (χ4v) is 3.66. The van der Waals surface area contributed by atoms with Crippen molar-refractivity contribution in [3.8, 4) is 0 Å². The number of allylic oxidation sites excluding steroid dienone is 8. The van der Waals surface area contributed by atoms with Crippen LogP contribution in [0.15, 0.2) is 82.2 Å². The summed E-state index contributed by atoms with van der Waals surface area (Å²) in [7, 11) is 0. The Morgan fingerprint density at radius 3 is 1.78 bits per heavy atom. The van der Waals surface area contributed by atoms with Crippen LogP contribution in [0, 0.1) is 5.41 Å². The Labute approximate surface area is 191 Å². The number of aliphatic hydroxyl groups is 2. The summed E-state index contributed by atoms with van der Waals surface area (Å²) in [5.74, 6) is -1.66. The minimum absolute atomic E-state index is 0.160. The molecule has 1 aromatic rings. The Kier molecular flexibility index (Phi) is 8.20. The molecule has 0 amide bonds. The van der Waals surface area contributed by atoms with Gasteiger partial charge in [-0.05, 0) is 60.8 Å². The van der Waals surface area contributed by atoms with Crippen molar-refractivity contribution in [1.29, 1.82) is 0 Å². The SMILES string of the molecule is CC(C)=CCC1=C(O)C(=C(O)c2ccccc2)C(=O)C(CC=C(C)C)(CC=C(C)C)C1=O. The van der Waals surface area contributed by atoms with Crippen LogP contribution in [-0.4, -0.2) is 21.8 Å². The lowest BCUT2D eigenvalue weighted by molar-refractivity contribution is -0.137. The predicted molar refractivity (Wildman–Crippen MR) is 130 cm³/mol. The number of aliphatic hydroxyl groups excluding tert-OH is 2. The van der Waals surface area contributed by atoms with Gasteiger partial charge in [0.15, 0.2) is 11.6 Å². The fourth-order valence-electron chi connectivity index (χ4n) is 3.66. The summed E-state index contributed by atoms with van der Waals surface area (Å²) in [6.45, 7) is 11.5. The highest BCUT2D eigenvalue weighted by Gasteiger charge is 2.52. The van der Waals surface area contributed by atoms with E-state index in [0.717, 1.165) is 16.7 Å². The van der Waals surface area contributed by atoms with Crippen molar-refractivity contribution in [3.05, 3.63) is 87.7 Å². The third-order valence-electron chi connectivity index (χ3n) is 5.61. The largest absolute Gasteiger partial charge is 0.507 e. The molecule has 2 N–H and O–H groups in total. The molecule has 0 heterocycles. The zero-order valence-corrected chi connectivity index (χ0v) is 20.0. The van der Waals surface area contributed by atoms with E-state index in [2.05, 4.69) is 0 Å². The van der Waals surface area contributed by atoms with Crippen LogP contribution in [0.3, 0.4) is 0 Å². The number of hydrogen-bond donors (Lipinski definition) is 2. The standard InChI is InChI=1S/C28H34O4/c1-18(2)12-13-22-25(30)23(24(29)21-10-8-7-9-11-21)27(32)28(26(22)31,16-14-19(3)4)17-15-20(5)6/h7-12,14-15,29-30H,13,16-17H2,1-6H3. The monoisotopic (exact) mass is 434 g/mol. The summed E-state index contributed by atoms with van der Waals surface area (Å²) >= 11 is 0. The molecule has 4 nitrogen and oxygen atoms in total. The normalized spacial score (nSPS) is 17.1. The molecule has 0 aromatic heterocycles. The van der Waals surface area contributed by atoms with Gasteiger partial charge in [0.1, 0.15) is 22.5 Å². The van der Waals surface area contributed by atoms with Crippen LogP contribution in [0.1, 0.15) is 66.4 Å². The van der Waals surface area contributed by atoms with E-state index >= 15 is 0 Å². The topological polar surface area (TPSA) is 74.6 Å². The number of benzene rings is 1. The second kappa shape index (κ2) is 10.4. The summed E-state index contributed by atoms with van der Waals surface area (Å²) in [4.78, 5) is 27.7. The summed E-state index contributed by atoms with van der Waals surface area (Å²) in [6, 6.07) is 8.63. The van der Waals surface area contributed by atoms with Gasteiger partial charge in [-0.25, -0.2) is 0 Å². The van der Waals surface area contributed by atoms with Crippen molar-refractivity contribution in [2.24, 2.45) is 5.41 Å². The Balaban J connectivity index is 2.87.